The lowest BCUT2D eigenvalue weighted by Crippen LogP contribution is -2.33. The molecule has 3 aromatic rings. The number of hydrogen-bond acceptors (Lipinski definition) is 3. The minimum Gasteiger partial charge on any atom is -0.489 e. The van der Waals surface area contributed by atoms with Gasteiger partial charge in [0.05, 0.1) is 11.6 Å². The van der Waals surface area contributed by atoms with Crippen LogP contribution in [0.2, 0.25) is 5.02 Å². The van der Waals surface area contributed by atoms with Crippen molar-refractivity contribution in [3.63, 3.8) is 0 Å². The molecule has 0 radical (unpaired) electrons. The predicted molar refractivity (Wildman–Crippen MR) is 125 cm³/mol. The van der Waals surface area contributed by atoms with E-state index in [2.05, 4.69) is 10.2 Å². The summed E-state index contributed by atoms with van der Waals surface area (Å²) in [5.74, 6) is 0.664. The average Bonchev–Trinajstić information content (AvgIpc) is 3.09. The van der Waals surface area contributed by atoms with Gasteiger partial charge in [0.25, 0.3) is 0 Å². The summed E-state index contributed by atoms with van der Waals surface area (Å²) < 4.78 is 46.5. The molecule has 1 aliphatic rings. The van der Waals surface area contributed by atoms with E-state index >= 15 is 0 Å². The minimum atomic E-state index is -4.44. The summed E-state index contributed by atoms with van der Waals surface area (Å²) in [6.07, 6.45) is -3.54. The van der Waals surface area contributed by atoms with Crippen molar-refractivity contribution < 1.29 is 17.9 Å². The van der Waals surface area contributed by atoms with Gasteiger partial charge in [-0.3, -0.25) is 4.90 Å². The zero-order chi connectivity index (χ0) is 23.3. The first-order chi connectivity index (χ1) is 15.9. The molecule has 1 heterocycles. The van der Waals surface area contributed by atoms with Crippen LogP contribution in [0.4, 0.5) is 13.2 Å². The number of alkyl halides is 3. The number of ether oxygens (including phenoxy) is 1. The molecule has 4 rings (SSSR count). The Hall–Kier alpha value is -2.54. The Morgan fingerprint density at radius 3 is 2.55 bits per heavy atom. The Kier molecular flexibility index (Phi) is 7.58. The smallest absolute Gasteiger partial charge is 0.416 e. The van der Waals surface area contributed by atoms with Gasteiger partial charge in [-0.2, -0.15) is 13.2 Å². The molecule has 33 heavy (non-hydrogen) atoms. The van der Waals surface area contributed by atoms with E-state index in [1.54, 1.807) is 0 Å². The van der Waals surface area contributed by atoms with Crippen molar-refractivity contribution in [3.8, 4) is 5.75 Å². The van der Waals surface area contributed by atoms with Crippen LogP contribution in [-0.4, -0.2) is 31.1 Å². The normalized spacial score (nSPS) is 16.2. The fourth-order valence-corrected chi connectivity index (χ4v) is 4.38. The van der Waals surface area contributed by atoms with E-state index in [1.807, 2.05) is 54.6 Å². The van der Waals surface area contributed by atoms with Crippen molar-refractivity contribution in [2.45, 2.75) is 25.2 Å². The van der Waals surface area contributed by atoms with Crippen LogP contribution in [0.25, 0.3) is 0 Å². The molecule has 0 bridgehead atoms. The van der Waals surface area contributed by atoms with Crippen molar-refractivity contribution in [1.82, 2.24) is 10.2 Å². The summed E-state index contributed by atoms with van der Waals surface area (Å²) in [6.45, 7) is 3.50. The lowest BCUT2D eigenvalue weighted by molar-refractivity contribution is -0.137. The summed E-state index contributed by atoms with van der Waals surface area (Å²) in [7, 11) is 0. The van der Waals surface area contributed by atoms with Crippen LogP contribution >= 0.6 is 11.6 Å². The van der Waals surface area contributed by atoms with E-state index < -0.39 is 17.8 Å². The summed E-state index contributed by atoms with van der Waals surface area (Å²) in [5, 5.41) is 3.68. The number of nitrogens with zero attached hydrogens (tertiary/aromatic N) is 1. The average molecular weight is 475 g/mol. The van der Waals surface area contributed by atoms with E-state index in [0.29, 0.717) is 29.5 Å². The third-order valence-electron chi connectivity index (χ3n) is 5.78. The minimum absolute atomic E-state index is 0.320. The van der Waals surface area contributed by atoms with Crippen molar-refractivity contribution in [2.75, 3.05) is 26.2 Å². The van der Waals surface area contributed by atoms with Crippen molar-refractivity contribution in [3.05, 3.63) is 100 Å². The highest BCUT2D eigenvalue weighted by Gasteiger charge is 2.33. The Morgan fingerprint density at radius 1 is 0.939 bits per heavy atom. The predicted octanol–water partition coefficient (Wildman–Crippen LogP) is 6.32. The molecule has 0 spiro atoms. The Bertz CT molecular complexity index is 1050. The second-order valence-corrected chi connectivity index (χ2v) is 8.53. The maximum Gasteiger partial charge on any atom is 0.416 e. The molecule has 1 fully saturated rings. The molecule has 7 heteroatoms. The molecule has 3 aromatic carbocycles. The van der Waals surface area contributed by atoms with Gasteiger partial charge in [0.2, 0.25) is 0 Å². The first-order valence-corrected chi connectivity index (χ1v) is 11.4. The lowest BCUT2D eigenvalue weighted by Gasteiger charge is -2.32. The molecule has 1 aliphatic heterocycles. The summed E-state index contributed by atoms with van der Waals surface area (Å²) >= 11 is 6.49. The molecule has 0 aromatic heterocycles. The highest BCUT2D eigenvalue weighted by molar-refractivity contribution is 6.31. The van der Waals surface area contributed by atoms with Gasteiger partial charge in [-0.15, -0.1) is 0 Å². The third kappa shape index (κ3) is 6.08. The molecular weight excluding hydrogens is 449 g/mol. The quantitative estimate of drug-likeness (QED) is 0.452. The molecule has 1 atom stereocenters. The molecule has 174 valence electrons. The fourth-order valence-electron chi connectivity index (χ4n) is 4.16. The topological polar surface area (TPSA) is 24.5 Å². The van der Waals surface area contributed by atoms with Crippen LogP contribution < -0.4 is 10.1 Å². The van der Waals surface area contributed by atoms with Crippen molar-refractivity contribution >= 4 is 11.6 Å². The molecule has 1 N–H and O–H groups in total. The van der Waals surface area contributed by atoms with Gasteiger partial charge in [-0.05, 0) is 60.0 Å². The van der Waals surface area contributed by atoms with Gasteiger partial charge in [0.15, 0.2) is 0 Å². The van der Waals surface area contributed by atoms with Crippen LogP contribution in [0, 0.1) is 0 Å². The highest BCUT2D eigenvalue weighted by atomic mass is 35.5. The molecule has 1 unspecified atom stereocenters. The highest BCUT2D eigenvalue weighted by Crippen LogP contribution is 2.39. The number of halogens is 4. The second-order valence-electron chi connectivity index (χ2n) is 8.12. The molecular formula is C26H26ClF3N2O. The van der Waals surface area contributed by atoms with Gasteiger partial charge < -0.3 is 10.1 Å². The van der Waals surface area contributed by atoms with Crippen molar-refractivity contribution in [2.24, 2.45) is 0 Å². The van der Waals surface area contributed by atoms with Gasteiger partial charge in [0.1, 0.15) is 12.4 Å². The first-order valence-electron chi connectivity index (χ1n) is 11.0. The van der Waals surface area contributed by atoms with Crippen molar-refractivity contribution in [1.29, 1.82) is 0 Å². The van der Waals surface area contributed by atoms with Crippen LogP contribution in [0.5, 0.6) is 5.75 Å². The monoisotopic (exact) mass is 474 g/mol. The second kappa shape index (κ2) is 10.6. The van der Waals surface area contributed by atoms with Crippen LogP contribution in [0.15, 0.2) is 72.8 Å². The van der Waals surface area contributed by atoms with E-state index in [0.717, 1.165) is 43.2 Å². The van der Waals surface area contributed by atoms with Crippen LogP contribution in [0.1, 0.15) is 34.7 Å². The summed E-state index contributed by atoms with van der Waals surface area (Å²) in [4.78, 5) is 2.19. The first kappa shape index (κ1) is 23.6. The standard InChI is InChI=1S/C26H26ClF3N2O/c27-24-11-10-21(26(28,29)30)17-23(24)25(32-14-5-12-31-13-15-32)20-8-4-9-22(16-20)33-18-19-6-2-1-3-7-19/h1-4,6-11,16-17,25,31H,5,12-15,18H2. The fraction of sp³-hybridized carbons (Fsp3) is 0.308. The number of hydrogen-bond donors (Lipinski definition) is 1. The molecule has 3 nitrogen and oxygen atoms in total. The molecule has 1 saturated heterocycles. The zero-order valence-electron chi connectivity index (χ0n) is 18.1. The van der Waals surface area contributed by atoms with Gasteiger partial charge in [0, 0.05) is 24.7 Å². The Labute approximate surface area is 197 Å². The summed E-state index contributed by atoms with van der Waals surface area (Å²) in [5.41, 5.74) is 1.65. The van der Waals surface area contributed by atoms with E-state index in [4.69, 9.17) is 16.3 Å². The number of nitrogens with one attached hydrogen (secondary N) is 1. The summed E-state index contributed by atoms with van der Waals surface area (Å²) in [6, 6.07) is 20.5. The molecule has 0 aliphatic carbocycles. The van der Waals surface area contributed by atoms with E-state index in [-0.39, 0.29) is 0 Å². The lowest BCUT2D eigenvalue weighted by atomic mass is 9.94. The van der Waals surface area contributed by atoms with Gasteiger partial charge in [-0.25, -0.2) is 0 Å². The largest absolute Gasteiger partial charge is 0.489 e. The number of rotatable bonds is 6. The van der Waals surface area contributed by atoms with E-state index in [1.165, 1.54) is 12.1 Å². The van der Waals surface area contributed by atoms with Crippen LogP contribution in [0.3, 0.4) is 0 Å². The van der Waals surface area contributed by atoms with Crippen LogP contribution in [-0.2, 0) is 12.8 Å². The Morgan fingerprint density at radius 2 is 1.76 bits per heavy atom. The number of benzene rings is 3. The Balaban J connectivity index is 1.70. The van der Waals surface area contributed by atoms with Gasteiger partial charge >= 0.3 is 6.18 Å². The van der Waals surface area contributed by atoms with E-state index in [9.17, 15) is 13.2 Å². The maximum atomic E-state index is 13.5. The third-order valence-corrected chi connectivity index (χ3v) is 6.12. The molecule has 0 saturated carbocycles. The SMILES string of the molecule is FC(F)(F)c1ccc(Cl)c(C(c2cccc(OCc3ccccc3)c2)N2CCCNCC2)c1. The molecule has 0 amide bonds. The van der Waals surface area contributed by atoms with Gasteiger partial charge in [-0.1, -0.05) is 54.1 Å². The maximum absolute atomic E-state index is 13.5. The zero-order valence-corrected chi connectivity index (χ0v) is 18.9.